The molecule has 0 aromatic heterocycles. The lowest BCUT2D eigenvalue weighted by Crippen LogP contribution is -2.35. The number of anilines is 1. The molecule has 2 rings (SSSR count). The predicted molar refractivity (Wildman–Crippen MR) is 99.1 cm³/mol. The zero-order valence-electron chi connectivity index (χ0n) is 13.8. The van der Waals surface area contributed by atoms with E-state index in [4.69, 9.17) is 4.74 Å². The molecule has 0 aliphatic heterocycles. The Kier molecular flexibility index (Phi) is 6.67. The van der Waals surface area contributed by atoms with E-state index < -0.39 is 10.8 Å². The van der Waals surface area contributed by atoms with Crippen molar-refractivity contribution in [2.24, 2.45) is 0 Å². The number of nitro groups is 1. The van der Waals surface area contributed by atoms with Gasteiger partial charge in [0.15, 0.2) is 6.61 Å². The van der Waals surface area contributed by atoms with E-state index in [2.05, 4.69) is 26.6 Å². The Bertz CT molecular complexity index is 841. The van der Waals surface area contributed by atoms with Gasteiger partial charge >= 0.3 is 0 Å². The highest BCUT2D eigenvalue weighted by Crippen LogP contribution is 2.20. The molecule has 26 heavy (non-hydrogen) atoms. The van der Waals surface area contributed by atoms with Crippen molar-refractivity contribution in [1.82, 2.24) is 5.32 Å². The fraction of sp³-hybridized carbons (Fsp3) is 0.176. The van der Waals surface area contributed by atoms with Crippen LogP contribution in [0.2, 0.25) is 0 Å². The van der Waals surface area contributed by atoms with E-state index in [0.717, 1.165) is 10.0 Å². The second-order valence-electron chi connectivity index (χ2n) is 5.33. The average Bonchev–Trinajstić information content (AvgIpc) is 2.61. The van der Waals surface area contributed by atoms with Crippen molar-refractivity contribution in [2.75, 3.05) is 18.5 Å². The minimum atomic E-state index is -0.554. The van der Waals surface area contributed by atoms with Crippen molar-refractivity contribution >= 4 is 39.1 Å². The van der Waals surface area contributed by atoms with Crippen LogP contribution < -0.4 is 15.4 Å². The molecule has 2 N–H and O–H groups in total. The average molecular weight is 422 g/mol. The van der Waals surface area contributed by atoms with Crippen LogP contribution in [0.3, 0.4) is 0 Å². The first kappa shape index (κ1) is 19.4. The van der Waals surface area contributed by atoms with E-state index in [9.17, 15) is 19.7 Å². The number of aryl methyl sites for hydroxylation is 1. The summed E-state index contributed by atoms with van der Waals surface area (Å²) in [5.74, 6) is -0.692. The van der Waals surface area contributed by atoms with Gasteiger partial charge in [0, 0.05) is 16.2 Å². The maximum atomic E-state index is 11.9. The van der Waals surface area contributed by atoms with Crippen LogP contribution in [0.15, 0.2) is 46.9 Å². The molecule has 0 saturated heterocycles. The third-order valence-electron chi connectivity index (χ3n) is 3.31. The Labute approximate surface area is 157 Å². The molecule has 2 amide bonds. The summed E-state index contributed by atoms with van der Waals surface area (Å²) in [6, 6.07) is 10.9. The highest BCUT2D eigenvalue weighted by atomic mass is 79.9. The number of ether oxygens (including phenoxy) is 1. The van der Waals surface area contributed by atoms with Crippen LogP contribution in [-0.4, -0.2) is 29.9 Å². The molecule has 0 heterocycles. The van der Waals surface area contributed by atoms with Gasteiger partial charge in [0.1, 0.15) is 5.75 Å². The third kappa shape index (κ3) is 5.85. The largest absolute Gasteiger partial charge is 0.484 e. The molecule has 8 nitrogen and oxygen atoms in total. The number of nitrogens with one attached hydrogen (secondary N) is 2. The van der Waals surface area contributed by atoms with E-state index in [-0.39, 0.29) is 30.5 Å². The van der Waals surface area contributed by atoms with Crippen LogP contribution in [0.25, 0.3) is 0 Å². The minimum Gasteiger partial charge on any atom is -0.484 e. The first-order valence-electron chi connectivity index (χ1n) is 7.55. The zero-order valence-corrected chi connectivity index (χ0v) is 15.4. The van der Waals surface area contributed by atoms with E-state index in [1.54, 1.807) is 12.1 Å². The van der Waals surface area contributed by atoms with Crippen LogP contribution in [0, 0.1) is 17.0 Å². The molecule has 9 heteroatoms. The Morgan fingerprint density at radius 3 is 2.65 bits per heavy atom. The fourth-order valence-electron chi connectivity index (χ4n) is 2.03. The van der Waals surface area contributed by atoms with Gasteiger partial charge in [-0.05, 0) is 36.8 Å². The molecule has 0 saturated carbocycles. The summed E-state index contributed by atoms with van der Waals surface area (Å²) in [5, 5.41) is 15.8. The number of amides is 2. The highest BCUT2D eigenvalue weighted by molar-refractivity contribution is 9.10. The molecule has 2 aromatic rings. The third-order valence-corrected chi connectivity index (χ3v) is 3.80. The normalized spacial score (nSPS) is 10.1. The maximum absolute atomic E-state index is 11.9. The number of carbonyl (C=O) groups excluding carboxylic acids is 2. The Hall–Kier alpha value is -2.94. The van der Waals surface area contributed by atoms with Crippen LogP contribution in [-0.2, 0) is 9.59 Å². The van der Waals surface area contributed by atoms with Crippen molar-refractivity contribution in [3.05, 3.63) is 62.6 Å². The summed E-state index contributed by atoms with van der Waals surface area (Å²) in [5.41, 5.74) is 1.40. The second kappa shape index (κ2) is 8.95. The molecule has 0 fully saturated rings. The molecule has 0 atom stereocenters. The monoisotopic (exact) mass is 421 g/mol. The number of carbonyl (C=O) groups is 2. The van der Waals surface area contributed by atoms with Crippen molar-refractivity contribution in [3.8, 4) is 5.75 Å². The molecule has 0 aliphatic carbocycles. The number of nitro benzene ring substituents is 1. The summed E-state index contributed by atoms with van der Waals surface area (Å²) in [6.45, 7) is 1.28. The molecular weight excluding hydrogens is 406 g/mol. The van der Waals surface area contributed by atoms with Crippen molar-refractivity contribution in [3.63, 3.8) is 0 Å². The van der Waals surface area contributed by atoms with Gasteiger partial charge < -0.3 is 15.4 Å². The number of hydrogen-bond donors (Lipinski definition) is 2. The molecule has 0 bridgehead atoms. The van der Waals surface area contributed by atoms with Gasteiger partial charge in [-0.3, -0.25) is 19.7 Å². The van der Waals surface area contributed by atoms with Gasteiger partial charge in [-0.15, -0.1) is 0 Å². The minimum absolute atomic E-state index is 0.132. The van der Waals surface area contributed by atoms with Crippen molar-refractivity contribution in [1.29, 1.82) is 0 Å². The quantitative estimate of drug-likeness (QED) is 0.527. The Morgan fingerprint density at radius 1 is 1.19 bits per heavy atom. The number of nitrogens with zero attached hydrogens (tertiary/aromatic N) is 1. The zero-order chi connectivity index (χ0) is 19.1. The van der Waals surface area contributed by atoms with Crippen LogP contribution in [0.5, 0.6) is 5.75 Å². The van der Waals surface area contributed by atoms with Gasteiger partial charge in [-0.1, -0.05) is 22.0 Å². The van der Waals surface area contributed by atoms with Crippen LogP contribution >= 0.6 is 15.9 Å². The molecule has 0 spiro atoms. The van der Waals surface area contributed by atoms with Crippen molar-refractivity contribution < 1.29 is 19.2 Å². The van der Waals surface area contributed by atoms with E-state index in [1.165, 1.54) is 24.3 Å². The number of benzene rings is 2. The van der Waals surface area contributed by atoms with Crippen molar-refractivity contribution in [2.45, 2.75) is 6.92 Å². The summed E-state index contributed by atoms with van der Waals surface area (Å²) < 4.78 is 6.09. The lowest BCUT2D eigenvalue weighted by Gasteiger charge is -2.10. The molecule has 0 aliphatic rings. The smallest absolute Gasteiger partial charge is 0.273 e. The molecule has 2 aromatic carbocycles. The van der Waals surface area contributed by atoms with Gasteiger partial charge in [0.2, 0.25) is 5.91 Å². The first-order valence-corrected chi connectivity index (χ1v) is 8.34. The Morgan fingerprint density at radius 2 is 1.96 bits per heavy atom. The van der Waals surface area contributed by atoms with Crippen LogP contribution in [0.4, 0.5) is 11.4 Å². The van der Waals surface area contributed by atoms with Gasteiger partial charge in [0.25, 0.3) is 11.6 Å². The fourth-order valence-corrected chi connectivity index (χ4v) is 2.50. The van der Waals surface area contributed by atoms with Gasteiger partial charge in [-0.25, -0.2) is 0 Å². The summed E-state index contributed by atoms with van der Waals surface area (Å²) >= 11 is 3.34. The van der Waals surface area contributed by atoms with E-state index in [1.807, 2.05) is 13.0 Å². The lowest BCUT2D eigenvalue weighted by atomic mass is 10.2. The van der Waals surface area contributed by atoms with E-state index >= 15 is 0 Å². The second-order valence-corrected chi connectivity index (χ2v) is 6.24. The number of rotatable bonds is 7. The van der Waals surface area contributed by atoms with Crippen LogP contribution in [0.1, 0.15) is 5.56 Å². The van der Waals surface area contributed by atoms with E-state index in [0.29, 0.717) is 5.69 Å². The topological polar surface area (TPSA) is 111 Å². The lowest BCUT2D eigenvalue weighted by molar-refractivity contribution is -0.384. The molecule has 0 unspecified atom stereocenters. The van der Waals surface area contributed by atoms with Gasteiger partial charge in [-0.2, -0.15) is 0 Å². The Balaban J connectivity index is 1.78. The maximum Gasteiger partial charge on any atom is 0.273 e. The summed E-state index contributed by atoms with van der Waals surface area (Å²) in [7, 11) is 0. The molecule has 136 valence electrons. The SMILES string of the molecule is Cc1cc(Br)ccc1NC(=O)CNC(=O)COc1cccc([N+](=O)[O-])c1. The molecular formula is C17H16BrN3O5. The standard InChI is InChI=1S/C17H16BrN3O5/c1-11-7-12(18)5-6-15(11)20-16(22)9-19-17(23)10-26-14-4-2-3-13(8-14)21(24)25/h2-8H,9-10H2,1H3,(H,19,23)(H,20,22). The number of hydrogen-bond acceptors (Lipinski definition) is 5. The number of halogens is 1. The predicted octanol–water partition coefficient (Wildman–Crippen LogP) is 2.80. The van der Waals surface area contributed by atoms with Gasteiger partial charge in [0.05, 0.1) is 17.5 Å². The first-order chi connectivity index (χ1) is 12.3. The summed E-state index contributed by atoms with van der Waals surface area (Å²) in [6.07, 6.45) is 0. The highest BCUT2D eigenvalue weighted by Gasteiger charge is 2.10. The summed E-state index contributed by atoms with van der Waals surface area (Å²) in [4.78, 5) is 33.8. The number of non-ortho nitro benzene ring substituents is 1. The molecule has 0 radical (unpaired) electrons.